The van der Waals surface area contributed by atoms with Crippen LogP contribution in [0.15, 0.2) is 21.1 Å². The molecular weight excluding hydrogens is 366 g/mol. The van der Waals surface area contributed by atoms with E-state index < -0.39 is 12.0 Å². The van der Waals surface area contributed by atoms with Gasteiger partial charge in [-0.1, -0.05) is 5.16 Å². The highest BCUT2D eigenvalue weighted by molar-refractivity contribution is 5.94. The van der Waals surface area contributed by atoms with Gasteiger partial charge in [-0.25, -0.2) is 0 Å². The lowest BCUT2D eigenvalue weighted by atomic mass is 10.1. The van der Waals surface area contributed by atoms with Crippen LogP contribution in [0.25, 0.3) is 0 Å². The van der Waals surface area contributed by atoms with E-state index in [0.29, 0.717) is 31.1 Å². The Hall–Kier alpha value is -2.65. The zero-order valence-corrected chi connectivity index (χ0v) is 16.3. The summed E-state index contributed by atoms with van der Waals surface area (Å²) in [5.74, 6) is 0.780. The van der Waals surface area contributed by atoms with Gasteiger partial charge in [-0.3, -0.25) is 9.59 Å². The fourth-order valence-corrected chi connectivity index (χ4v) is 3.24. The highest BCUT2D eigenvalue weighted by Gasteiger charge is 2.31. The van der Waals surface area contributed by atoms with E-state index in [1.807, 2.05) is 13.8 Å². The van der Waals surface area contributed by atoms with Gasteiger partial charge < -0.3 is 28.6 Å². The van der Waals surface area contributed by atoms with Crippen LogP contribution in [0.1, 0.15) is 33.3 Å². The van der Waals surface area contributed by atoms with Crippen molar-refractivity contribution < 1.29 is 28.4 Å². The second kappa shape index (κ2) is 8.57. The summed E-state index contributed by atoms with van der Waals surface area (Å²) in [6.45, 7) is 4.53. The Morgan fingerprint density at radius 3 is 2.82 bits per heavy atom. The third-order valence-corrected chi connectivity index (χ3v) is 4.80. The number of carbonyl (C=O) groups is 2. The summed E-state index contributed by atoms with van der Waals surface area (Å²) in [7, 11) is 1.55. The lowest BCUT2D eigenvalue weighted by molar-refractivity contribution is -0.131. The number of rotatable bonds is 6. The fraction of sp³-hybridized carbons (Fsp3) is 0.526. The van der Waals surface area contributed by atoms with Crippen molar-refractivity contribution in [2.24, 2.45) is 0 Å². The van der Waals surface area contributed by atoms with Crippen LogP contribution in [0.3, 0.4) is 0 Å². The molecule has 152 valence electrons. The molecule has 0 aromatic carbocycles. The smallest absolute Gasteiger partial charge is 0.290 e. The standard InChI is InChI=1S/C19H25N3O6/c1-12-16(13(2)28-20-12)8-15-4-5-17(27-15)19(25)22-10-14(23)9-21(6-7-26-3)18(24)11-22/h4-5,14,23H,6-11H2,1-3H3. The topological polar surface area (TPSA) is 109 Å². The Labute approximate surface area is 162 Å². The van der Waals surface area contributed by atoms with Gasteiger partial charge in [-0.05, 0) is 26.0 Å². The van der Waals surface area contributed by atoms with Gasteiger partial charge in [0.05, 0.1) is 18.4 Å². The van der Waals surface area contributed by atoms with E-state index in [0.717, 1.165) is 11.3 Å². The highest BCUT2D eigenvalue weighted by atomic mass is 16.5. The molecule has 9 heteroatoms. The van der Waals surface area contributed by atoms with Gasteiger partial charge in [0.1, 0.15) is 18.1 Å². The number of amides is 2. The van der Waals surface area contributed by atoms with Gasteiger partial charge in [0, 0.05) is 38.7 Å². The van der Waals surface area contributed by atoms with Crippen molar-refractivity contribution in [1.29, 1.82) is 0 Å². The molecule has 1 saturated heterocycles. The molecule has 1 fully saturated rings. The molecule has 2 aromatic rings. The molecule has 1 aliphatic rings. The molecule has 3 heterocycles. The first kappa shape index (κ1) is 20.1. The van der Waals surface area contributed by atoms with E-state index in [1.165, 1.54) is 9.80 Å². The first-order valence-corrected chi connectivity index (χ1v) is 9.13. The number of ether oxygens (including phenoxy) is 1. The number of hydrogen-bond donors (Lipinski definition) is 1. The number of aryl methyl sites for hydroxylation is 2. The summed E-state index contributed by atoms with van der Waals surface area (Å²) in [6, 6.07) is 3.31. The van der Waals surface area contributed by atoms with E-state index in [9.17, 15) is 14.7 Å². The molecule has 1 N–H and O–H groups in total. The first-order valence-electron chi connectivity index (χ1n) is 9.13. The number of hydrogen-bond acceptors (Lipinski definition) is 7. The summed E-state index contributed by atoms with van der Waals surface area (Å²) >= 11 is 0. The van der Waals surface area contributed by atoms with Crippen molar-refractivity contribution >= 4 is 11.8 Å². The predicted octanol–water partition coefficient (Wildman–Crippen LogP) is 0.767. The number of aliphatic hydroxyl groups excluding tert-OH is 1. The number of aliphatic hydroxyl groups is 1. The predicted molar refractivity (Wildman–Crippen MR) is 97.9 cm³/mol. The van der Waals surface area contributed by atoms with Crippen molar-refractivity contribution in [3.8, 4) is 0 Å². The lowest BCUT2D eigenvalue weighted by Crippen LogP contribution is -2.40. The van der Waals surface area contributed by atoms with Crippen molar-refractivity contribution in [3.05, 3.63) is 40.7 Å². The van der Waals surface area contributed by atoms with Crippen molar-refractivity contribution in [1.82, 2.24) is 15.0 Å². The number of nitrogens with zero attached hydrogens (tertiary/aromatic N) is 3. The zero-order chi connectivity index (χ0) is 20.3. The van der Waals surface area contributed by atoms with Gasteiger partial charge in [-0.15, -0.1) is 0 Å². The molecule has 0 aliphatic carbocycles. The fourth-order valence-electron chi connectivity index (χ4n) is 3.24. The van der Waals surface area contributed by atoms with E-state index in [1.54, 1.807) is 19.2 Å². The number of aromatic nitrogens is 1. The average molecular weight is 391 g/mol. The van der Waals surface area contributed by atoms with Crippen LogP contribution in [0.2, 0.25) is 0 Å². The Kier molecular flexibility index (Phi) is 6.15. The maximum Gasteiger partial charge on any atom is 0.290 e. The molecule has 28 heavy (non-hydrogen) atoms. The monoisotopic (exact) mass is 391 g/mol. The maximum atomic E-state index is 12.8. The zero-order valence-electron chi connectivity index (χ0n) is 16.3. The maximum absolute atomic E-state index is 12.8. The normalized spacial score (nSPS) is 17.9. The van der Waals surface area contributed by atoms with Crippen molar-refractivity contribution in [2.45, 2.75) is 26.4 Å². The van der Waals surface area contributed by atoms with Crippen LogP contribution >= 0.6 is 0 Å². The second-order valence-corrected chi connectivity index (χ2v) is 6.92. The number of methoxy groups -OCH3 is 1. The average Bonchev–Trinajstić information content (AvgIpc) is 3.22. The van der Waals surface area contributed by atoms with E-state index in [4.69, 9.17) is 13.7 Å². The molecule has 2 amide bonds. The first-order chi connectivity index (χ1) is 13.4. The molecular formula is C19H25N3O6. The number of β-amino-alcohol motifs (C(OH)–C–C–N with tert-alkyl or cyclic N) is 1. The highest BCUT2D eigenvalue weighted by Crippen LogP contribution is 2.20. The van der Waals surface area contributed by atoms with Crippen LogP contribution in [-0.2, 0) is 16.0 Å². The minimum Gasteiger partial charge on any atom is -0.456 e. The Bertz CT molecular complexity index is 823. The SMILES string of the molecule is COCCN1CC(O)CN(C(=O)c2ccc(Cc3c(C)noc3C)o2)CC1=O. The summed E-state index contributed by atoms with van der Waals surface area (Å²) in [4.78, 5) is 28.1. The van der Waals surface area contributed by atoms with Gasteiger partial charge in [0.2, 0.25) is 5.91 Å². The van der Waals surface area contributed by atoms with Crippen LogP contribution < -0.4 is 0 Å². The molecule has 0 radical (unpaired) electrons. The van der Waals surface area contributed by atoms with Gasteiger partial charge in [-0.2, -0.15) is 0 Å². The summed E-state index contributed by atoms with van der Waals surface area (Å²) in [5.41, 5.74) is 1.70. The molecule has 1 unspecified atom stereocenters. The molecule has 0 bridgehead atoms. The van der Waals surface area contributed by atoms with E-state index in [2.05, 4.69) is 5.16 Å². The Morgan fingerprint density at radius 1 is 1.36 bits per heavy atom. The van der Waals surface area contributed by atoms with Crippen LogP contribution in [0.4, 0.5) is 0 Å². The third-order valence-electron chi connectivity index (χ3n) is 4.80. The van der Waals surface area contributed by atoms with E-state index >= 15 is 0 Å². The van der Waals surface area contributed by atoms with E-state index in [-0.39, 0.29) is 31.3 Å². The number of furan rings is 1. The minimum absolute atomic E-state index is 0.0634. The Balaban J connectivity index is 1.70. The molecule has 0 spiro atoms. The molecule has 9 nitrogen and oxygen atoms in total. The summed E-state index contributed by atoms with van der Waals surface area (Å²) in [6.07, 6.45) is -0.371. The largest absolute Gasteiger partial charge is 0.456 e. The van der Waals surface area contributed by atoms with Crippen molar-refractivity contribution in [3.63, 3.8) is 0 Å². The molecule has 2 aromatic heterocycles. The summed E-state index contributed by atoms with van der Waals surface area (Å²) in [5, 5.41) is 14.1. The molecule has 1 aliphatic heterocycles. The van der Waals surface area contributed by atoms with Crippen LogP contribution in [-0.4, -0.2) is 77.9 Å². The van der Waals surface area contributed by atoms with Crippen LogP contribution in [0.5, 0.6) is 0 Å². The minimum atomic E-state index is -0.830. The van der Waals surface area contributed by atoms with Gasteiger partial charge in [0.25, 0.3) is 5.91 Å². The lowest BCUT2D eigenvalue weighted by Gasteiger charge is -2.21. The molecule has 3 rings (SSSR count). The second-order valence-electron chi connectivity index (χ2n) is 6.92. The van der Waals surface area contributed by atoms with Gasteiger partial charge in [0.15, 0.2) is 5.76 Å². The van der Waals surface area contributed by atoms with Crippen LogP contribution in [0, 0.1) is 13.8 Å². The third kappa shape index (κ3) is 4.42. The quantitative estimate of drug-likeness (QED) is 0.774. The van der Waals surface area contributed by atoms with Crippen molar-refractivity contribution in [2.75, 3.05) is 39.9 Å². The Morgan fingerprint density at radius 2 is 2.14 bits per heavy atom. The molecule has 1 atom stereocenters. The number of carbonyl (C=O) groups excluding carboxylic acids is 2. The van der Waals surface area contributed by atoms with Gasteiger partial charge >= 0.3 is 0 Å². The summed E-state index contributed by atoms with van der Waals surface area (Å²) < 4.78 is 15.8. The molecule has 0 saturated carbocycles.